The lowest BCUT2D eigenvalue weighted by Crippen LogP contribution is -2.24. The Kier molecular flexibility index (Phi) is 5.57. The van der Waals surface area contributed by atoms with Crippen LogP contribution in [0, 0.1) is 11.8 Å². The Morgan fingerprint density at radius 3 is 2.21 bits per heavy atom. The molecule has 0 bridgehead atoms. The second-order valence-electron chi connectivity index (χ2n) is 8.11. The highest BCUT2D eigenvalue weighted by Gasteiger charge is 2.31. The van der Waals surface area contributed by atoms with E-state index in [9.17, 15) is 0 Å². The first-order chi connectivity index (χ1) is 11.8. The fourth-order valence-electron chi connectivity index (χ4n) is 4.32. The minimum atomic E-state index is 0.118. The lowest BCUT2D eigenvalue weighted by Gasteiger charge is -2.31. The molecule has 4 heteroatoms. The lowest BCUT2D eigenvalue weighted by molar-refractivity contribution is -0.0325. The summed E-state index contributed by atoms with van der Waals surface area (Å²) in [6.07, 6.45) is 13.9. The molecule has 4 aliphatic rings. The fraction of sp³-hybridized carbons (Fsp3) is 0.900. The van der Waals surface area contributed by atoms with Crippen LogP contribution in [0.5, 0.6) is 0 Å². The van der Waals surface area contributed by atoms with E-state index in [0.29, 0.717) is 18.3 Å². The van der Waals surface area contributed by atoms with Crippen LogP contribution in [-0.2, 0) is 18.9 Å². The molecule has 2 saturated heterocycles. The largest absolute Gasteiger partial charge is 0.375 e. The first-order valence-electron chi connectivity index (χ1n) is 9.95. The predicted octanol–water partition coefficient (Wildman–Crippen LogP) is 3.84. The van der Waals surface area contributed by atoms with Gasteiger partial charge in [0.15, 0.2) is 6.29 Å². The molecule has 2 saturated carbocycles. The molecule has 4 fully saturated rings. The lowest BCUT2D eigenvalue weighted by atomic mass is 9.79. The number of hydrogen-bond acceptors (Lipinski definition) is 4. The van der Waals surface area contributed by atoms with Gasteiger partial charge in [0.05, 0.1) is 25.4 Å². The zero-order valence-electron chi connectivity index (χ0n) is 15.0. The number of hydrogen-bond donors (Lipinski definition) is 0. The third-order valence-electron chi connectivity index (χ3n) is 6.10. The minimum absolute atomic E-state index is 0.118. The molecule has 0 aromatic heterocycles. The molecule has 2 aliphatic heterocycles. The summed E-state index contributed by atoms with van der Waals surface area (Å²) in [5.41, 5.74) is 1.62. The molecule has 2 atom stereocenters. The van der Waals surface area contributed by atoms with Crippen molar-refractivity contribution >= 4 is 0 Å². The Bertz CT molecular complexity index is 425. The van der Waals surface area contributed by atoms with Gasteiger partial charge in [-0.1, -0.05) is 11.6 Å². The van der Waals surface area contributed by atoms with Crippen molar-refractivity contribution in [3.63, 3.8) is 0 Å². The van der Waals surface area contributed by atoms with Gasteiger partial charge in [-0.05, 0) is 70.1 Å². The molecule has 24 heavy (non-hydrogen) atoms. The van der Waals surface area contributed by atoms with Crippen molar-refractivity contribution in [3.05, 3.63) is 11.6 Å². The van der Waals surface area contributed by atoms with E-state index in [-0.39, 0.29) is 6.29 Å². The van der Waals surface area contributed by atoms with E-state index in [4.69, 9.17) is 18.9 Å². The van der Waals surface area contributed by atoms with E-state index >= 15 is 0 Å². The summed E-state index contributed by atoms with van der Waals surface area (Å²) in [5, 5.41) is 0. The van der Waals surface area contributed by atoms with Gasteiger partial charge >= 0.3 is 0 Å². The molecular formula is C20H32O4. The van der Waals surface area contributed by atoms with Crippen molar-refractivity contribution in [2.75, 3.05) is 19.8 Å². The zero-order valence-corrected chi connectivity index (χ0v) is 15.0. The Labute approximate surface area is 145 Å². The van der Waals surface area contributed by atoms with Crippen LogP contribution in [0.4, 0.5) is 0 Å². The smallest absolute Gasteiger partial charge is 0.181 e. The summed E-state index contributed by atoms with van der Waals surface area (Å²) in [5.74, 6) is 1.53. The van der Waals surface area contributed by atoms with Gasteiger partial charge in [0.25, 0.3) is 0 Å². The molecule has 0 N–H and O–H groups in total. The van der Waals surface area contributed by atoms with Gasteiger partial charge in [-0.3, -0.25) is 0 Å². The van der Waals surface area contributed by atoms with Gasteiger partial charge in [-0.2, -0.15) is 0 Å². The highest BCUT2D eigenvalue weighted by Crippen LogP contribution is 2.35. The van der Waals surface area contributed by atoms with Crippen molar-refractivity contribution in [1.82, 2.24) is 0 Å². The van der Waals surface area contributed by atoms with Crippen LogP contribution in [0.15, 0.2) is 11.6 Å². The zero-order chi connectivity index (χ0) is 16.4. The molecule has 0 aromatic carbocycles. The van der Waals surface area contributed by atoms with E-state index < -0.39 is 0 Å². The average molecular weight is 336 g/mol. The Morgan fingerprint density at radius 2 is 1.58 bits per heavy atom. The van der Waals surface area contributed by atoms with Crippen molar-refractivity contribution in [3.8, 4) is 0 Å². The van der Waals surface area contributed by atoms with E-state index in [1.165, 1.54) is 51.4 Å². The SMILES string of the molecule is CC(=CC1CCC(OCC2CO2)CC1)C1CCC(OC2CO2)CC1. The van der Waals surface area contributed by atoms with Crippen LogP contribution in [0.1, 0.15) is 58.3 Å². The number of epoxide rings is 2. The van der Waals surface area contributed by atoms with E-state index in [1.807, 2.05) is 0 Å². The molecule has 4 rings (SSSR count). The highest BCUT2D eigenvalue weighted by molar-refractivity contribution is 5.08. The molecule has 2 aliphatic carbocycles. The molecule has 4 nitrogen and oxygen atoms in total. The van der Waals surface area contributed by atoms with Gasteiger partial charge in [0.1, 0.15) is 12.7 Å². The molecular weight excluding hydrogens is 304 g/mol. The monoisotopic (exact) mass is 336 g/mol. The van der Waals surface area contributed by atoms with E-state index in [2.05, 4.69) is 13.0 Å². The van der Waals surface area contributed by atoms with Crippen LogP contribution in [0.3, 0.4) is 0 Å². The summed E-state index contributed by atoms with van der Waals surface area (Å²) >= 11 is 0. The predicted molar refractivity (Wildman–Crippen MR) is 91.8 cm³/mol. The molecule has 0 spiro atoms. The maximum absolute atomic E-state index is 5.96. The van der Waals surface area contributed by atoms with E-state index in [1.54, 1.807) is 5.57 Å². The van der Waals surface area contributed by atoms with Gasteiger partial charge in [-0.15, -0.1) is 0 Å². The van der Waals surface area contributed by atoms with Crippen molar-refractivity contribution < 1.29 is 18.9 Å². The number of allylic oxidation sites excluding steroid dienone is 2. The standard InChI is InChI=1S/C20H32O4/c1-14(16-4-8-18(9-5-16)24-20-13-23-20)10-15-2-6-17(7-3-15)21-11-19-12-22-19/h10,15-20H,2-9,11-13H2,1H3. The van der Waals surface area contributed by atoms with Crippen LogP contribution in [-0.4, -0.2) is 44.4 Å². The third kappa shape index (κ3) is 5.04. The maximum Gasteiger partial charge on any atom is 0.181 e. The van der Waals surface area contributed by atoms with Crippen LogP contribution in [0.2, 0.25) is 0 Å². The Balaban J connectivity index is 1.16. The summed E-state index contributed by atoms with van der Waals surface area (Å²) in [4.78, 5) is 0. The van der Waals surface area contributed by atoms with E-state index in [0.717, 1.165) is 31.7 Å². The van der Waals surface area contributed by atoms with Gasteiger partial charge in [-0.25, -0.2) is 0 Å². The number of ether oxygens (including phenoxy) is 4. The first kappa shape index (κ1) is 17.0. The quantitative estimate of drug-likeness (QED) is 0.523. The normalized spacial score (nSPS) is 42.8. The van der Waals surface area contributed by atoms with Gasteiger partial charge in [0, 0.05) is 0 Å². The summed E-state index contributed by atoms with van der Waals surface area (Å²) in [6.45, 7) is 4.86. The third-order valence-corrected chi connectivity index (χ3v) is 6.10. The Hall–Kier alpha value is -0.420. The molecule has 0 radical (unpaired) electrons. The topological polar surface area (TPSA) is 43.5 Å². The minimum Gasteiger partial charge on any atom is -0.375 e. The van der Waals surface area contributed by atoms with Crippen LogP contribution >= 0.6 is 0 Å². The summed E-state index contributed by atoms with van der Waals surface area (Å²) < 4.78 is 22.2. The van der Waals surface area contributed by atoms with Gasteiger partial charge in [0.2, 0.25) is 0 Å². The van der Waals surface area contributed by atoms with Gasteiger partial charge < -0.3 is 18.9 Å². The fourth-order valence-corrected chi connectivity index (χ4v) is 4.32. The van der Waals surface area contributed by atoms with Crippen LogP contribution < -0.4 is 0 Å². The Morgan fingerprint density at radius 1 is 0.917 bits per heavy atom. The van der Waals surface area contributed by atoms with Crippen molar-refractivity contribution in [2.45, 2.75) is 82.9 Å². The average Bonchev–Trinajstić information content (AvgIpc) is 3.50. The second kappa shape index (κ2) is 7.86. The highest BCUT2D eigenvalue weighted by atomic mass is 16.8. The number of rotatable bonds is 7. The molecule has 0 amide bonds. The van der Waals surface area contributed by atoms with Crippen LogP contribution in [0.25, 0.3) is 0 Å². The van der Waals surface area contributed by atoms with Crippen molar-refractivity contribution in [2.24, 2.45) is 11.8 Å². The van der Waals surface area contributed by atoms with Crippen molar-refractivity contribution in [1.29, 1.82) is 0 Å². The first-order valence-corrected chi connectivity index (χ1v) is 9.95. The maximum atomic E-state index is 5.96. The molecule has 0 aromatic rings. The molecule has 2 heterocycles. The molecule has 136 valence electrons. The molecule has 2 unspecified atom stereocenters. The summed E-state index contributed by atoms with van der Waals surface area (Å²) in [7, 11) is 0. The summed E-state index contributed by atoms with van der Waals surface area (Å²) in [6, 6.07) is 0. The second-order valence-corrected chi connectivity index (χ2v) is 8.11.